The summed E-state index contributed by atoms with van der Waals surface area (Å²) in [6.07, 6.45) is 0. The highest BCUT2D eigenvalue weighted by Crippen LogP contribution is 2.35. The van der Waals surface area contributed by atoms with E-state index in [1.807, 2.05) is 29.2 Å². The van der Waals surface area contributed by atoms with E-state index in [4.69, 9.17) is 10.5 Å². The normalized spacial score (nSPS) is 13.0. The highest BCUT2D eigenvalue weighted by atomic mass is 32.2. The van der Waals surface area contributed by atoms with E-state index in [0.29, 0.717) is 5.56 Å². The van der Waals surface area contributed by atoms with E-state index in [1.54, 1.807) is 25.6 Å². The van der Waals surface area contributed by atoms with Crippen LogP contribution in [0.5, 0.6) is 0 Å². The number of ether oxygens (including phenoxy) is 1. The van der Waals surface area contributed by atoms with Crippen molar-refractivity contribution in [2.45, 2.75) is 18.7 Å². The first-order valence-electron chi connectivity index (χ1n) is 8.79. The molecule has 0 unspecified atom stereocenters. The number of benzene rings is 1. The van der Waals surface area contributed by atoms with Crippen molar-refractivity contribution in [1.82, 2.24) is 0 Å². The number of rotatable bonds is 6. The van der Waals surface area contributed by atoms with E-state index in [2.05, 4.69) is 5.32 Å². The largest absolute Gasteiger partial charge is 0.462 e. The second-order valence-corrected chi connectivity index (χ2v) is 8.29. The Morgan fingerprint density at radius 1 is 1.29 bits per heavy atom. The first kappa shape index (κ1) is 20.2. The number of amides is 2. The zero-order valence-corrected chi connectivity index (χ0v) is 17.2. The molecular weight excluding hydrogens is 398 g/mol. The van der Waals surface area contributed by atoms with Gasteiger partial charge >= 0.3 is 5.97 Å². The zero-order valence-electron chi connectivity index (χ0n) is 15.6. The maximum Gasteiger partial charge on any atom is 0.341 e. The molecule has 2 heterocycles. The Labute approximate surface area is 171 Å². The van der Waals surface area contributed by atoms with Crippen molar-refractivity contribution in [3.05, 3.63) is 40.3 Å². The lowest BCUT2D eigenvalue weighted by atomic mass is 10.1. The molecule has 28 heavy (non-hydrogen) atoms. The van der Waals surface area contributed by atoms with E-state index in [-0.39, 0.29) is 34.5 Å². The quantitative estimate of drug-likeness (QED) is 0.698. The third-order valence-electron chi connectivity index (χ3n) is 4.26. The SMILES string of the molecule is CCOC(=O)c1c(NC(=O)CN2CCSc3ccccc32)sc(C(N)=O)c1C. The highest BCUT2D eigenvalue weighted by Gasteiger charge is 2.26. The summed E-state index contributed by atoms with van der Waals surface area (Å²) in [5.41, 5.74) is 7.02. The number of para-hydroxylation sites is 1. The van der Waals surface area contributed by atoms with E-state index < -0.39 is 11.9 Å². The molecule has 2 aromatic rings. The van der Waals surface area contributed by atoms with Crippen LogP contribution in [0.15, 0.2) is 29.2 Å². The van der Waals surface area contributed by atoms with Crippen LogP contribution in [0.1, 0.15) is 32.5 Å². The number of fused-ring (bicyclic) bond motifs is 1. The van der Waals surface area contributed by atoms with Crippen LogP contribution in [-0.2, 0) is 9.53 Å². The number of carbonyl (C=O) groups is 3. The molecule has 3 rings (SSSR count). The lowest BCUT2D eigenvalue weighted by Gasteiger charge is -2.30. The van der Waals surface area contributed by atoms with Crippen LogP contribution in [0.4, 0.5) is 10.7 Å². The number of nitrogens with two attached hydrogens (primary N) is 1. The number of hydrogen-bond donors (Lipinski definition) is 2. The van der Waals surface area contributed by atoms with Crippen molar-refractivity contribution >= 4 is 51.6 Å². The third-order valence-corrected chi connectivity index (χ3v) is 6.53. The molecule has 0 saturated carbocycles. The summed E-state index contributed by atoms with van der Waals surface area (Å²) in [5.74, 6) is -0.610. The Morgan fingerprint density at radius 3 is 2.75 bits per heavy atom. The number of anilines is 2. The van der Waals surface area contributed by atoms with Gasteiger partial charge in [-0.15, -0.1) is 23.1 Å². The van der Waals surface area contributed by atoms with Crippen molar-refractivity contribution in [3.63, 3.8) is 0 Å². The van der Waals surface area contributed by atoms with Crippen LogP contribution in [0, 0.1) is 6.92 Å². The number of primary amides is 1. The van der Waals surface area contributed by atoms with Gasteiger partial charge in [0.25, 0.3) is 5.91 Å². The molecule has 1 aromatic heterocycles. The Morgan fingerprint density at radius 2 is 2.04 bits per heavy atom. The van der Waals surface area contributed by atoms with E-state index in [1.165, 1.54) is 0 Å². The second-order valence-electron chi connectivity index (χ2n) is 6.13. The molecule has 0 bridgehead atoms. The van der Waals surface area contributed by atoms with Gasteiger partial charge in [-0.3, -0.25) is 9.59 Å². The van der Waals surface area contributed by atoms with Gasteiger partial charge in [0.1, 0.15) is 5.00 Å². The summed E-state index contributed by atoms with van der Waals surface area (Å²) in [5, 5.41) is 3.05. The molecule has 7 nitrogen and oxygen atoms in total. The molecule has 0 fully saturated rings. The molecule has 0 aliphatic carbocycles. The van der Waals surface area contributed by atoms with Crippen LogP contribution < -0.4 is 16.0 Å². The first-order valence-corrected chi connectivity index (χ1v) is 10.6. The number of thiophene rings is 1. The fraction of sp³-hybridized carbons (Fsp3) is 0.316. The summed E-state index contributed by atoms with van der Waals surface area (Å²) in [6.45, 7) is 4.39. The van der Waals surface area contributed by atoms with Crippen molar-refractivity contribution in [2.75, 3.05) is 35.7 Å². The molecular formula is C19H21N3O4S2. The van der Waals surface area contributed by atoms with Gasteiger partial charge in [-0.05, 0) is 31.5 Å². The minimum absolute atomic E-state index is 0.142. The van der Waals surface area contributed by atoms with Crippen LogP contribution >= 0.6 is 23.1 Å². The zero-order chi connectivity index (χ0) is 20.3. The highest BCUT2D eigenvalue weighted by molar-refractivity contribution is 7.99. The fourth-order valence-corrected chi connectivity index (χ4v) is 5.13. The predicted molar refractivity (Wildman–Crippen MR) is 112 cm³/mol. The predicted octanol–water partition coefficient (Wildman–Crippen LogP) is 2.88. The number of thioether (sulfide) groups is 1. The molecule has 1 aromatic carbocycles. The van der Waals surface area contributed by atoms with Crippen LogP contribution in [0.3, 0.4) is 0 Å². The number of carbonyl (C=O) groups excluding carboxylic acids is 3. The lowest BCUT2D eigenvalue weighted by Crippen LogP contribution is -2.36. The number of esters is 1. The van der Waals surface area contributed by atoms with Gasteiger partial charge in [-0.1, -0.05) is 12.1 Å². The van der Waals surface area contributed by atoms with Crippen LogP contribution in [-0.4, -0.2) is 43.2 Å². The molecule has 1 aliphatic rings. The average Bonchev–Trinajstić information content (AvgIpc) is 2.98. The van der Waals surface area contributed by atoms with Gasteiger partial charge in [0.05, 0.1) is 29.3 Å². The van der Waals surface area contributed by atoms with E-state index in [0.717, 1.165) is 34.2 Å². The van der Waals surface area contributed by atoms with Crippen molar-refractivity contribution < 1.29 is 19.1 Å². The van der Waals surface area contributed by atoms with Gasteiger partial charge in [0.15, 0.2) is 0 Å². The second kappa shape index (κ2) is 8.66. The summed E-state index contributed by atoms with van der Waals surface area (Å²) in [6, 6.07) is 7.93. The van der Waals surface area contributed by atoms with E-state index in [9.17, 15) is 14.4 Å². The third kappa shape index (κ3) is 4.15. The molecule has 2 amide bonds. The standard InChI is InChI=1S/C19H21N3O4S2/c1-3-26-19(25)15-11(2)16(17(20)24)28-18(15)21-14(23)10-22-8-9-27-13-7-5-4-6-12(13)22/h4-7H,3,8-10H2,1-2H3,(H2,20,24)(H,21,23). The summed E-state index contributed by atoms with van der Waals surface area (Å²) < 4.78 is 5.07. The fourth-order valence-electron chi connectivity index (χ4n) is 3.02. The number of hydrogen-bond acceptors (Lipinski definition) is 7. The molecule has 0 radical (unpaired) electrons. The molecule has 0 atom stereocenters. The van der Waals surface area contributed by atoms with Crippen molar-refractivity contribution in [3.8, 4) is 0 Å². The monoisotopic (exact) mass is 419 g/mol. The number of nitrogens with zero attached hydrogens (tertiary/aromatic N) is 1. The molecule has 0 saturated heterocycles. The Hall–Kier alpha value is -2.52. The first-order chi connectivity index (χ1) is 13.4. The Bertz CT molecular complexity index is 926. The van der Waals surface area contributed by atoms with Crippen LogP contribution in [0.2, 0.25) is 0 Å². The van der Waals surface area contributed by atoms with Crippen molar-refractivity contribution in [1.29, 1.82) is 0 Å². The van der Waals surface area contributed by atoms with Gasteiger partial charge in [-0.2, -0.15) is 0 Å². The van der Waals surface area contributed by atoms with Gasteiger partial charge in [0.2, 0.25) is 5.91 Å². The smallest absolute Gasteiger partial charge is 0.341 e. The lowest BCUT2D eigenvalue weighted by molar-refractivity contribution is -0.115. The van der Waals surface area contributed by atoms with Crippen LogP contribution in [0.25, 0.3) is 0 Å². The van der Waals surface area contributed by atoms with Gasteiger partial charge in [-0.25, -0.2) is 4.79 Å². The molecule has 0 spiro atoms. The maximum atomic E-state index is 12.7. The summed E-state index contributed by atoms with van der Waals surface area (Å²) in [4.78, 5) is 40.1. The molecule has 148 valence electrons. The Balaban J connectivity index is 1.82. The number of nitrogens with one attached hydrogen (secondary N) is 1. The maximum absolute atomic E-state index is 12.7. The van der Waals surface area contributed by atoms with Gasteiger partial charge < -0.3 is 20.7 Å². The molecule has 3 N–H and O–H groups in total. The van der Waals surface area contributed by atoms with Crippen molar-refractivity contribution in [2.24, 2.45) is 5.73 Å². The molecule has 9 heteroatoms. The van der Waals surface area contributed by atoms with Gasteiger partial charge in [0, 0.05) is 17.2 Å². The topological polar surface area (TPSA) is 102 Å². The average molecular weight is 420 g/mol. The summed E-state index contributed by atoms with van der Waals surface area (Å²) in [7, 11) is 0. The summed E-state index contributed by atoms with van der Waals surface area (Å²) >= 11 is 2.75. The molecule has 1 aliphatic heterocycles. The van der Waals surface area contributed by atoms with E-state index >= 15 is 0 Å². The Kier molecular flexibility index (Phi) is 6.25. The minimum atomic E-state index is -0.643. The minimum Gasteiger partial charge on any atom is -0.462 e.